The Morgan fingerprint density at radius 2 is 2.24 bits per heavy atom. The number of aryl methyl sites for hydroxylation is 1. The molecule has 0 fully saturated rings. The maximum atomic E-state index is 11.3. The molecule has 1 amide bonds. The van der Waals surface area contributed by atoms with E-state index in [9.17, 15) is 4.79 Å². The molecular weight excluding hydrogens is 214 g/mol. The van der Waals surface area contributed by atoms with Gasteiger partial charge in [0.05, 0.1) is 5.69 Å². The van der Waals surface area contributed by atoms with Gasteiger partial charge in [0.1, 0.15) is 0 Å². The summed E-state index contributed by atoms with van der Waals surface area (Å²) in [6, 6.07) is 3.99. The maximum absolute atomic E-state index is 11.3. The summed E-state index contributed by atoms with van der Waals surface area (Å²) in [5, 5.41) is 3.30. The van der Waals surface area contributed by atoms with Gasteiger partial charge in [0.2, 0.25) is 5.91 Å². The Morgan fingerprint density at radius 1 is 1.47 bits per heavy atom. The van der Waals surface area contributed by atoms with Crippen LogP contribution in [0.15, 0.2) is 18.3 Å². The number of amides is 1. The van der Waals surface area contributed by atoms with Crippen LogP contribution in [0.25, 0.3) is 0 Å². The molecule has 1 aromatic rings. The van der Waals surface area contributed by atoms with Crippen LogP contribution in [0.1, 0.15) is 24.1 Å². The third-order valence-corrected chi connectivity index (χ3v) is 2.65. The average molecular weight is 235 g/mol. The molecule has 1 heterocycles. The van der Waals surface area contributed by atoms with Crippen LogP contribution < -0.4 is 5.32 Å². The van der Waals surface area contributed by atoms with E-state index in [0.717, 1.165) is 25.2 Å². The minimum atomic E-state index is 0.181. The van der Waals surface area contributed by atoms with Gasteiger partial charge in [-0.1, -0.05) is 6.07 Å². The quantitative estimate of drug-likeness (QED) is 0.757. The van der Waals surface area contributed by atoms with Crippen molar-refractivity contribution in [1.82, 2.24) is 15.2 Å². The third-order valence-electron chi connectivity index (χ3n) is 2.65. The summed E-state index contributed by atoms with van der Waals surface area (Å²) in [5.41, 5.74) is 2.27. The number of rotatable bonds is 6. The largest absolute Gasteiger partial charge is 0.349 e. The van der Waals surface area contributed by atoms with Gasteiger partial charge in [-0.2, -0.15) is 0 Å². The minimum absolute atomic E-state index is 0.181. The Kier molecular flexibility index (Phi) is 5.63. The summed E-state index contributed by atoms with van der Waals surface area (Å²) in [5.74, 6) is 0.181. The van der Waals surface area contributed by atoms with Gasteiger partial charge in [0.15, 0.2) is 0 Å². The van der Waals surface area contributed by atoms with Crippen LogP contribution >= 0.6 is 0 Å². The average Bonchev–Trinajstić information content (AvgIpc) is 2.30. The van der Waals surface area contributed by atoms with E-state index in [1.165, 1.54) is 5.56 Å². The van der Waals surface area contributed by atoms with E-state index in [-0.39, 0.29) is 5.91 Å². The van der Waals surface area contributed by atoms with Gasteiger partial charge < -0.3 is 10.2 Å². The highest BCUT2D eigenvalue weighted by Crippen LogP contribution is 2.02. The summed E-state index contributed by atoms with van der Waals surface area (Å²) in [4.78, 5) is 17.2. The zero-order valence-electron chi connectivity index (χ0n) is 10.9. The van der Waals surface area contributed by atoms with E-state index in [1.54, 1.807) is 25.2 Å². The lowest BCUT2D eigenvalue weighted by molar-refractivity contribution is -0.128. The van der Waals surface area contributed by atoms with E-state index >= 15 is 0 Å². The molecule has 0 saturated heterocycles. The summed E-state index contributed by atoms with van der Waals surface area (Å²) < 4.78 is 0. The Labute approximate surface area is 103 Å². The van der Waals surface area contributed by atoms with Crippen LogP contribution in [0.4, 0.5) is 0 Å². The van der Waals surface area contributed by atoms with Gasteiger partial charge >= 0.3 is 0 Å². The molecule has 94 valence electrons. The molecule has 0 radical (unpaired) electrons. The van der Waals surface area contributed by atoms with Crippen molar-refractivity contribution in [1.29, 1.82) is 0 Å². The fourth-order valence-electron chi connectivity index (χ4n) is 1.50. The second kappa shape index (κ2) is 7.01. The smallest absolute Gasteiger partial charge is 0.222 e. The van der Waals surface area contributed by atoms with Crippen LogP contribution in [-0.2, 0) is 11.3 Å². The van der Waals surface area contributed by atoms with Crippen molar-refractivity contribution in [2.45, 2.75) is 26.3 Å². The standard InChI is InChI=1S/C13H21N3O/c1-11-6-4-9-15-12(11)10-14-8-5-7-13(17)16(2)3/h4,6,9,14H,5,7-8,10H2,1-3H3. The number of hydrogen-bond donors (Lipinski definition) is 1. The van der Waals surface area contributed by atoms with Crippen molar-refractivity contribution in [3.05, 3.63) is 29.6 Å². The molecule has 0 aliphatic rings. The number of nitrogens with zero attached hydrogens (tertiary/aromatic N) is 2. The molecule has 17 heavy (non-hydrogen) atoms. The molecule has 0 aliphatic carbocycles. The summed E-state index contributed by atoms with van der Waals surface area (Å²) >= 11 is 0. The first-order chi connectivity index (χ1) is 8.11. The van der Waals surface area contributed by atoms with Gasteiger partial charge in [-0.3, -0.25) is 9.78 Å². The monoisotopic (exact) mass is 235 g/mol. The molecule has 0 unspecified atom stereocenters. The summed E-state index contributed by atoms with van der Waals surface area (Å²) in [6.45, 7) is 3.66. The lowest BCUT2D eigenvalue weighted by atomic mass is 10.2. The van der Waals surface area contributed by atoms with E-state index in [0.29, 0.717) is 6.42 Å². The van der Waals surface area contributed by atoms with Gasteiger partial charge in [-0.05, 0) is 31.5 Å². The minimum Gasteiger partial charge on any atom is -0.349 e. The molecule has 1 N–H and O–H groups in total. The summed E-state index contributed by atoms with van der Waals surface area (Å²) in [6.07, 6.45) is 3.27. The summed E-state index contributed by atoms with van der Waals surface area (Å²) in [7, 11) is 3.57. The number of carbonyl (C=O) groups is 1. The van der Waals surface area contributed by atoms with Crippen LogP contribution in [-0.4, -0.2) is 36.4 Å². The Bertz CT molecular complexity index is 363. The fourth-order valence-corrected chi connectivity index (χ4v) is 1.50. The van der Waals surface area contributed by atoms with E-state index < -0.39 is 0 Å². The zero-order chi connectivity index (χ0) is 12.7. The number of hydrogen-bond acceptors (Lipinski definition) is 3. The third kappa shape index (κ3) is 4.95. The molecule has 0 aliphatic heterocycles. The van der Waals surface area contributed by atoms with Crippen LogP contribution in [0.2, 0.25) is 0 Å². The molecule has 4 nitrogen and oxygen atoms in total. The van der Waals surface area contributed by atoms with Crippen molar-refractivity contribution in [2.75, 3.05) is 20.6 Å². The van der Waals surface area contributed by atoms with Crippen LogP contribution in [0.3, 0.4) is 0 Å². The molecular formula is C13H21N3O. The predicted molar refractivity (Wildman–Crippen MR) is 68.6 cm³/mol. The normalized spacial score (nSPS) is 10.3. The zero-order valence-corrected chi connectivity index (χ0v) is 10.9. The molecule has 1 aromatic heterocycles. The van der Waals surface area contributed by atoms with Gasteiger partial charge in [0.25, 0.3) is 0 Å². The first-order valence-electron chi connectivity index (χ1n) is 5.92. The topological polar surface area (TPSA) is 45.2 Å². The van der Waals surface area contributed by atoms with Gasteiger partial charge in [-0.25, -0.2) is 0 Å². The van der Waals surface area contributed by atoms with E-state index in [2.05, 4.69) is 23.3 Å². The van der Waals surface area contributed by atoms with Crippen molar-refractivity contribution in [3.63, 3.8) is 0 Å². The molecule has 4 heteroatoms. The lowest BCUT2D eigenvalue weighted by Gasteiger charge is -2.10. The molecule has 0 aromatic carbocycles. The number of pyridine rings is 1. The number of aromatic nitrogens is 1. The van der Waals surface area contributed by atoms with E-state index in [4.69, 9.17) is 0 Å². The second-order valence-electron chi connectivity index (χ2n) is 4.34. The number of carbonyl (C=O) groups excluding carboxylic acids is 1. The first kappa shape index (κ1) is 13.6. The van der Waals surface area contributed by atoms with E-state index in [1.807, 2.05) is 6.07 Å². The van der Waals surface area contributed by atoms with Crippen molar-refractivity contribution < 1.29 is 4.79 Å². The highest BCUT2D eigenvalue weighted by atomic mass is 16.2. The fraction of sp³-hybridized carbons (Fsp3) is 0.538. The molecule has 0 saturated carbocycles. The van der Waals surface area contributed by atoms with Crippen LogP contribution in [0.5, 0.6) is 0 Å². The Balaban J connectivity index is 2.17. The molecule has 0 bridgehead atoms. The van der Waals surface area contributed by atoms with Gasteiger partial charge in [0, 0.05) is 33.3 Å². The van der Waals surface area contributed by atoms with Crippen molar-refractivity contribution in [3.8, 4) is 0 Å². The predicted octanol–water partition coefficient (Wildman–Crippen LogP) is 1.35. The van der Waals surface area contributed by atoms with Crippen LogP contribution in [0, 0.1) is 6.92 Å². The highest BCUT2D eigenvalue weighted by molar-refractivity contribution is 5.75. The van der Waals surface area contributed by atoms with Crippen molar-refractivity contribution in [2.24, 2.45) is 0 Å². The lowest BCUT2D eigenvalue weighted by Crippen LogP contribution is -2.23. The Morgan fingerprint density at radius 3 is 2.88 bits per heavy atom. The maximum Gasteiger partial charge on any atom is 0.222 e. The second-order valence-corrected chi connectivity index (χ2v) is 4.34. The van der Waals surface area contributed by atoms with Crippen molar-refractivity contribution >= 4 is 5.91 Å². The Hall–Kier alpha value is -1.42. The molecule has 0 atom stereocenters. The molecule has 0 spiro atoms. The SMILES string of the molecule is Cc1cccnc1CNCCCC(=O)N(C)C. The highest BCUT2D eigenvalue weighted by Gasteiger charge is 2.03. The van der Waals surface area contributed by atoms with Gasteiger partial charge in [-0.15, -0.1) is 0 Å². The number of nitrogens with one attached hydrogen (secondary N) is 1. The first-order valence-corrected chi connectivity index (χ1v) is 5.92. The molecule has 1 rings (SSSR count).